The molecule has 2 unspecified atom stereocenters. The highest BCUT2D eigenvalue weighted by Crippen LogP contribution is 2.19. The second-order valence-corrected chi connectivity index (χ2v) is 5.49. The molecule has 3 atom stereocenters. The molecule has 0 spiro atoms. The molecule has 0 aliphatic carbocycles. The minimum absolute atomic E-state index is 0.259. The van der Waals surface area contributed by atoms with Crippen LogP contribution in [0, 0.1) is 5.92 Å². The largest absolute Gasteiger partial charge is 0.480 e. The maximum atomic E-state index is 10.9. The van der Waals surface area contributed by atoms with E-state index in [-0.39, 0.29) is 6.04 Å². The molecule has 2 N–H and O–H groups in total. The zero-order valence-corrected chi connectivity index (χ0v) is 11.5. The summed E-state index contributed by atoms with van der Waals surface area (Å²) in [5, 5.41) is 12.2. The van der Waals surface area contributed by atoms with Crippen LogP contribution in [0.2, 0.25) is 0 Å². The molecular weight excluding hydrogens is 240 g/mol. The van der Waals surface area contributed by atoms with Gasteiger partial charge in [-0.2, -0.15) is 0 Å². The fourth-order valence-corrected chi connectivity index (χ4v) is 2.65. The third-order valence-corrected chi connectivity index (χ3v) is 3.77. The molecule has 0 bridgehead atoms. The first-order valence-electron chi connectivity index (χ1n) is 6.81. The van der Waals surface area contributed by atoms with Crippen LogP contribution in [0.1, 0.15) is 19.4 Å². The van der Waals surface area contributed by atoms with Gasteiger partial charge >= 0.3 is 5.97 Å². The van der Waals surface area contributed by atoms with Crippen molar-refractivity contribution >= 4 is 5.97 Å². The van der Waals surface area contributed by atoms with Gasteiger partial charge < -0.3 is 10.4 Å². The van der Waals surface area contributed by atoms with Crippen LogP contribution >= 0.6 is 0 Å². The van der Waals surface area contributed by atoms with Gasteiger partial charge in [-0.1, -0.05) is 37.3 Å². The van der Waals surface area contributed by atoms with Crippen molar-refractivity contribution in [2.45, 2.75) is 32.5 Å². The monoisotopic (exact) mass is 262 g/mol. The number of aliphatic carboxylic acids is 1. The molecule has 1 heterocycles. The van der Waals surface area contributed by atoms with Gasteiger partial charge in [-0.05, 0) is 18.4 Å². The van der Waals surface area contributed by atoms with Crippen molar-refractivity contribution in [1.29, 1.82) is 0 Å². The number of nitrogens with one attached hydrogen (secondary N) is 1. The van der Waals surface area contributed by atoms with Crippen molar-refractivity contribution in [3.63, 3.8) is 0 Å². The smallest absolute Gasteiger partial charge is 0.320 e. The van der Waals surface area contributed by atoms with Gasteiger partial charge in [0.05, 0.1) is 0 Å². The van der Waals surface area contributed by atoms with Gasteiger partial charge in [0.15, 0.2) is 0 Å². The van der Waals surface area contributed by atoms with Crippen LogP contribution in [0.25, 0.3) is 0 Å². The average Bonchev–Trinajstić information content (AvgIpc) is 2.70. The van der Waals surface area contributed by atoms with Crippen molar-refractivity contribution in [3.05, 3.63) is 35.9 Å². The van der Waals surface area contributed by atoms with E-state index in [9.17, 15) is 4.79 Å². The Bertz CT molecular complexity index is 421. The maximum Gasteiger partial charge on any atom is 0.320 e. The first kappa shape index (κ1) is 14.0. The van der Waals surface area contributed by atoms with Crippen LogP contribution in [-0.2, 0) is 11.3 Å². The van der Waals surface area contributed by atoms with Crippen LogP contribution in [-0.4, -0.2) is 41.1 Å². The van der Waals surface area contributed by atoms with Crippen molar-refractivity contribution in [1.82, 2.24) is 10.2 Å². The minimum atomic E-state index is -0.784. The number of likely N-dealkylation sites (tertiary alicyclic amines) is 1. The number of rotatable bonds is 5. The fraction of sp³-hybridized carbons (Fsp3) is 0.533. The fourth-order valence-electron chi connectivity index (χ4n) is 2.65. The summed E-state index contributed by atoms with van der Waals surface area (Å²) in [5.41, 5.74) is 1.31. The van der Waals surface area contributed by atoms with Crippen LogP contribution in [0.5, 0.6) is 0 Å². The van der Waals surface area contributed by atoms with Crippen molar-refractivity contribution in [2.75, 3.05) is 13.1 Å². The highest BCUT2D eigenvalue weighted by Gasteiger charge is 2.31. The van der Waals surface area contributed by atoms with Crippen molar-refractivity contribution in [2.24, 2.45) is 5.92 Å². The molecule has 1 saturated heterocycles. The van der Waals surface area contributed by atoms with E-state index in [1.54, 1.807) is 6.92 Å². The molecular formula is C15H22N2O2. The topological polar surface area (TPSA) is 52.6 Å². The summed E-state index contributed by atoms with van der Waals surface area (Å²) in [4.78, 5) is 13.3. The molecule has 2 rings (SSSR count). The Hall–Kier alpha value is -1.39. The first-order chi connectivity index (χ1) is 9.06. The molecule has 1 fully saturated rings. The predicted molar refractivity (Wildman–Crippen MR) is 74.9 cm³/mol. The number of nitrogens with zero attached hydrogens (tertiary/aromatic N) is 1. The summed E-state index contributed by atoms with van der Waals surface area (Å²) in [6.45, 7) is 6.74. The highest BCUT2D eigenvalue weighted by molar-refractivity contribution is 5.72. The quantitative estimate of drug-likeness (QED) is 0.846. The standard InChI is InChI=1S/C15H22N2O2/c1-11-8-17(9-13-6-4-3-5-7-13)10-14(11)16-12(2)15(18)19/h3-7,11-12,14,16H,8-10H2,1-2H3,(H,18,19)/t11?,12-,14?/m0/s1. The van der Waals surface area contributed by atoms with Crippen molar-refractivity contribution < 1.29 is 9.90 Å². The number of carboxylic acid groups (broad SMARTS) is 1. The van der Waals surface area contributed by atoms with Gasteiger partial charge in [0.1, 0.15) is 6.04 Å². The number of hydrogen-bond donors (Lipinski definition) is 2. The summed E-state index contributed by atoms with van der Waals surface area (Å²) in [6, 6.07) is 10.2. The average molecular weight is 262 g/mol. The number of hydrogen-bond acceptors (Lipinski definition) is 3. The lowest BCUT2D eigenvalue weighted by Crippen LogP contribution is -2.44. The SMILES string of the molecule is CC1CN(Cc2ccccc2)CC1N[C@@H](C)C(=O)O. The summed E-state index contributed by atoms with van der Waals surface area (Å²) in [7, 11) is 0. The van der Waals surface area contributed by atoms with Gasteiger partial charge in [0, 0.05) is 25.7 Å². The molecule has 4 heteroatoms. The van der Waals surface area contributed by atoms with Gasteiger partial charge in [0.25, 0.3) is 0 Å². The van der Waals surface area contributed by atoms with Gasteiger partial charge in [-0.25, -0.2) is 0 Å². The Balaban J connectivity index is 1.88. The molecule has 1 aromatic rings. The molecule has 104 valence electrons. The van der Waals surface area contributed by atoms with Gasteiger partial charge in [0.2, 0.25) is 0 Å². The predicted octanol–water partition coefficient (Wildman–Crippen LogP) is 1.57. The summed E-state index contributed by atoms with van der Waals surface area (Å²) < 4.78 is 0. The lowest BCUT2D eigenvalue weighted by molar-refractivity contribution is -0.139. The van der Waals surface area contributed by atoms with Crippen LogP contribution in [0.3, 0.4) is 0 Å². The lowest BCUT2D eigenvalue weighted by Gasteiger charge is -2.19. The Morgan fingerprint density at radius 3 is 2.74 bits per heavy atom. The van der Waals surface area contributed by atoms with Gasteiger partial charge in [-0.15, -0.1) is 0 Å². The van der Waals surface area contributed by atoms with E-state index in [1.165, 1.54) is 5.56 Å². The van der Waals surface area contributed by atoms with Crippen molar-refractivity contribution in [3.8, 4) is 0 Å². The molecule has 1 aromatic carbocycles. The number of benzene rings is 1. The Kier molecular flexibility index (Phi) is 4.56. The molecule has 19 heavy (non-hydrogen) atoms. The lowest BCUT2D eigenvalue weighted by atomic mass is 10.1. The molecule has 0 radical (unpaired) electrons. The van der Waals surface area contributed by atoms with E-state index in [4.69, 9.17) is 5.11 Å². The number of carbonyl (C=O) groups is 1. The Labute approximate surface area is 114 Å². The van der Waals surface area contributed by atoms with Crippen LogP contribution < -0.4 is 5.32 Å². The van der Waals surface area contributed by atoms with E-state index in [0.717, 1.165) is 19.6 Å². The van der Waals surface area contributed by atoms with E-state index >= 15 is 0 Å². The molecule has 1 aliphatic rings. The summed E-state index contributed by atoms with van der Waals surface area (Å²) in [5.74, 6) is -0.306. The molecule has 0 saturated carbocycles. The van der Waals surface area contributed by atoms with Crippen LogP contribution in [0.15, 0.2) is 30.3 Å². The summed E-state index contributed by atoms with van der Waals surface area (Å²) >= 11 is 0. The maximum absolute atomic E-state index is 10.9. The van der Waals surface area contributed by atoms with E-state index in [0.29, 0.717) is 5.92 Å². The highest BCUT2D eigenvalue weighted by atomic mass is 16.4. The summed E-state index contributed by atoms with van der Waals surface area (Å²) in [6.07, 6.45) is 0. The zero-order valence-electron chi connectivity index (χ0n) is 11.5. The van der Waals surface area contributed by atoms with E-state index in [2.05, 4.69) is 41.4 Å². The third kappa shape index (κ3) is 3.78. The Morgan fingerprint density at radius 2 is 2.11 bits per heavy atom. The molecule has 4 nitrogen and oxygen atoms in total. The van der Waals surface area contributed by atoms with E-state index < -0.39 is 12.0 Å². The number of carboxylic acids is 1. The minimum Gasteiger partial charge on any atom is -0.480 e. The Morgan fingerprint density at radius 1 is 1.42 bits per heavy atom. The third-order valence-electron chi connectivity index (χ3n) is 3.77. The zero-order chi connectivity index (χ0) is 13.8. The second kappa shape index (κ2) is 6.17. The van der Waals surface area contributed by atoms with Gasteiger partial charge in [-0.3, -0.25) is 9.69 Å². The molecule has 1 aliphatic heterocycles. The van der Waals surface area contributed by atoms with E-state index in [1.807, 2.05) is 6.07 Å². The second-order valence-electron chi connectivity index (χ2n) is 5.49. The van der Waals surface area contributed by atoms with Crippen LogP contribution in [0.4, 0.5) is 0 Å². The first-order valence-corrected chi connectivity index (χ1v) is 6.81. The normalized spacial score (nSPS) is 25.4. The molecule has 0 amide bonds. The molecule has 0 aromatic heterocycles.